The fourth-order valence-corrected chi connectivity index (χ4v) is 4.34. The first kappa shape index (κ1) is 21.0. The van der Waals surface area contributed by atoms with Crippen LogP contribution < -0.4 is 10.6 Å². The molecule has 7 heteroatoms. The fourth-order valence-electron chi connectivity index (χ4n) is 3.00. The first-order valence-corrected chi connectivity index (χ1v) is 10.3. The van der Waals surface area contributed by atoms with E-state index in [4.69, 9.17) is 17.0 Å². The van der Waals surface area contributed by atoms with Crippen molar-refractivity contribution in [3.05, 3.63) is 76.4 Å². The number of hydrogen-bond donors (Lipinski definition) is 2. The van der Waals surface area contributed by atoms with Gasteiger partial charge in [0.1, 0.15) is 16.4 Å². The molecule has 2 N–H and O–H groups in total. The van der Waals surface area contributed by atoms with Crippen molar-refractivity contribution in [1.29, 1.82) is 0 Å². The van der Waals surface area contributed by atoms with Crippen LogP contribution in [0, 0.1) is 12.7 Å². The third-order valence-electron chi connectivity index (χ3n) is 4.38. The zero-order chi connectivity index (χ0) is 20.8. The average molecular weight is 429 g/mol. The number of rotatable bonds is 6. The van der Waals surface area contributed by atoms with Gasteiger partial charge in [0, 0.05) is 17.0 Å². The summed E-state index contributed by atoms with van der Waals surface area (Å²) in [6.07, 6.45) is 0.699. The van der Waals surface area contributed by atoms with E-state index in [-0.39, 0.29) is 5.82 Å². The quantitative estimate of drug-likeness (QED) is 0.419. The number of halogens is 1. The van der Waals surface area contributed by atoms with Crippen LogP contribution in [0.2, 0.25) is 0 Å². The molecule has 0 saturated carbocycles. The van der Waals surface area contributed by atoms with Crippen molar-refractivity contribution >= 4 is 39.6 Å². The molecule has 0 atom stereocenters. The van der Waals surface area contributed by atoms with Gasteiger partial charge in [-0.15, -0.1) is 11.3 Å². The van der Waals surface area contributed by atoms with Gasteiger partial charge in [-0.25, -0.2) is 9.18 Å². The summed E-state index contributed by atoms with van der Waals surface area (Å²) in [7, 11) is 1.37. The highest BCUT2D eigenvalue weighted by Crippen LogP contribution is 2.40. The maximum atomic E-state index is 13.0. The second-order valence-electron chi connectivity index (χ2n) is 6.35. The normalized spacial score (nSPS) is 10.4. The SMILES string of the molecule is COC(=O)c1c(NC(=S)NCCc2ccc(F)cc2)sc(C)c1-c1ccccc1. The van der Waals surface area contributed by atoms with Gasteiger partial charge < -0.3 is 15.4 Å². The van der Waals surface area contributed by atoms with Crippen molar-refractivity contribution < 1.29 is 13.9 Å². The lowest BCUT2D eigenvalue weighted by molar-refractivity contribution is 0.0603. The third kappa shape index (κ3) is 5.19. The van der Waals surface area contributed by atoms with Gasteiger partial charge in [0.25, 0.3) is 0 Å². The van der Waals surface area contributed by atoms with Crippen LogP contribution in [-0.2, 0) is 11.2 Å². The van der Waals surface area contributed by atoms with Gasteiger partial charge in [0.05, 0.1) is 7.11 Å². The molecule has 3 aromatic rings. The molecular formula is C22H21FN2O2S2. The Morgan fingerprint density at radius 1 is 1.14 bits per heavy atom. The van der Waals surface area contributed by atoms with Gasteiger partial charge in [-0.2, -0.15) is 0 Å². The van der Waals surface area contributed by atoms with E-state index >= 15 is 0 Å². The summed E-state index contributed by atoms with van der Waals surface area (Å²) in [6, 6.07) is 16.1. The maximum absolute atomic E-state index is 13.0. The number of anilines is 1. The molecule has 150 valence electrons. The topological polar surface area (TPSA) is 50.4 Å². The lowest BCUT2D eigenvalue weighted by Crippen LogP contribution is -2.30. The molecule has 3 rings (SSSR count). The van der Waals surface area contributed by atoms with Crippen molar-refractivity contribution in [2.45, 2.75) is 13.3 Å². The monoisotopic (exact) mass is 428 g/mol. The van der Waals surface area contributed by atoms with Gasteiger partial charge in [-0.1, -0.05) is 42.5 Å². The lowest BCUT2D eigenvalue weighted by Gasteiger charge is -2.11. The number of carbonyl (C=O) groups excluding carboxylic acids is 1. The second kappa shape index (κ2) is 9.62. The molecule has 0 saturated heterocycles. The molecule has 29 heavy (non-hydrogen) atoms. The van der Waals surface area contributed by atoms with Crippen LogP contribution >= 0.6 is 23.6 Å². The molecule has 0 aliphatic heterocycles. The second-order valence-corrected chi connectivity index (χ2v) is 7.99. The Labute approximate surface area is 178 Å². The zero-order valence-corrected chi connectivity index (χ0v) is 17.8. The van der Waals surface area contributed by atoms with E-state index in [1.807, 2.05) is 37.3 Å². The number of ether oxygens (including phenoxy) is 1. The molecule has 0 aliphatic rings. The Kier molecular flexibility index (Phi) is 6.95. The Morgan fingerprint density at radius 2 is 1.83 bits per heavy atom. The summed E-state index contributed by atoms with van der Waals surface area (Å²) < 4.78 is 18.0. The van der Waals surface area contributed by atoms with E-state index in [0.29, 0.717) is 28.6 Å². The summed E-state index contributed by atoms with van der Waals surface area (Å²) in [6.45, 7) is 2.55. The summed E-state index contributed by atoms with van der Waals surface area (Å²) >= 11 is 6.85. The molecule has 2 aromatic carbocycles. The Bertz CT molecular complexity index is 1000. The minimum Gasteiger partial charge on any atom is -0.465 e. The lowest BCUT2D eigenvalue weighted by atomic mass is 10.0. The largest absolute Gasteiger partial charge is 0.465 e. The number of nitrogens with one attached hydrogen (secondary N) is 2. The van der Waals surface area contributed by atoms with Crippen molar-refractivity contribution in [1.82, 2.24) is 5.32 Å². The molecule has 0 spiro atoms. The number of thiophene rings is 1. The number of thiocarbonyl (C=S) groups is 1. The van der Waals surface area contributed by atoms with Crippen LogP contribution in [-0.4, -0.2) is 24.7 Å². The number of benzene rings is 2. The van der Waals surface area contributed by atoms with E-state index in [0.717, 1.165) is 21.6 Å². The van der Waals surface area contributed by atoms with Crippen molar-refractivity contribution in [2.24, 2.45) is 0 Å². The molecule has 4 nitrogen and oxygen atoms in total. The van der Waals surface area contributed by atoms with Gasteiger partial charge in [0.2, 0.25) is 0 Å². The Balaban J connectivity index is 1.73. The minimum absolute atomic E-state index is 0.253. The predicted molar refractivity (Wildman–Crippen MR) is 120 cm³/mol. The molecule has 0 bridgehead atoms. The van der Waals surface area contributed by atoms with Crippen molar-refractivity contribution in [3.8, 4) is 11.1 Å². The van der Waals surface area contributed by atoms with Crippen LogP contribution in [0.15, 0.2) is 54.6 Å². The van der Waals surface area contributed by atoms with Crippen LogP contribution in [0.3, 0.4) is 0 Å². The van der Waals surface area contributed by atoms with Crippen LogP contribution in [0.5, 0.6) is 0 Å². The van der Waals surface area contributed by atoms with E-state index in [2.05, 4.69) is 10.6 Å². The predicted octanol–water partition coefficient (Wildman–Crippen LogP) is 5.18. The molecule has 0 unspecified atom stereocenters. The van der Waals surface area contributed by atoms with Gasteiger partial charge in [-0.3, -0.25) is 0 Å². The molecule has 0 radical (unpaired) electrons. The van der Waals surface area contributed by atoms with E-state index in [9.17, 15) is 9.18 Å². The van der Waals surface area contributed by atoms with Crippen LogP contribution in [0.1, 0.15) is 20.8 Å². The van der Waals surface area contributed by atoms with E-state index in [1.165, 1.54) is 30.6 Å². The number of esters is 1. The summed E-state index contributed by atoms with van der Waals surface area (Å²) in [5.74, 6) is -0.665. The van der Waals surface area contributed by atoms with Crippen molar-refractivity contribution in [2.75, 3.05) is 19.0 Å². The molecule has 0 fully saturated rings. The Hall–Kier alpha value is -2.77. The van der Waals surface area contributed by atoms with Gasteiger partial charge in [0.15, 0.2) is 5.11 Å². The first-order chi connectivity index (χ1) is 14.0. The van der Waals surface area contributed by atoms with Crippen LogP contribution in [0.4, 0.5) is 9.39 Å². The highest BCUT2D eigenvalue weighted by Gasteiger charge is 2.24. The maximum Gasteiger partial charge on any atom is 0.341 e. The molecule has 1 aromatic heterocycles. The summed E-state index contributed by atoms with van der Waals surface area (Å²) in [5, 5.41) is 7.32. The van der Waals surface area contributed by atoms with Gasteiger partial charge >= 0.3 is 5.97 Å². The van der Waals surface area contributed by atoms with E-state index in [1.54, 1.807) is 12.1 Å². The smallest absolute Gasteiger partial charge is 0.341 e. The van der Waals surface area contributed by atoms with Gasteiger partial charge in [-0.05, 0) is 48.8 Å². The summed E-state index contributed by atoms with van der Waals surface area (Å²) in [4.78, 5) is 13.5. The highest BCUT2D eigenvalue weighted by atomic mass is 32.1. The number of aryl methyl sites for hydroxylation is 1. The number of hydrogen-bond acceptors (Lipinski definition) is 4. The fraction of sp³-hybridized carbons (Fsp3) is 0.182. The zero-order valence-electron chi connectivity index (χ0n) is 16.1. The highest BCUT2D eigenvalue weighted by molar-refractivity contribution is 7.80. The minimum atomic E-state index is -0.412. The third-order valence-corrected chi connectivity index (χ3v) is 5.64. The molecule has 0 aliphatic carbocycles. The molecule has 1 heterocycles. The van der Waals surface area contributed by atoms with Crippen molar-refractivity contribution in [3.63, 3.8) is 0 Å². The Morgan fingerprint density at radius 3 is 2.48 bits per heavy atom. The van der Waals surface area contributed by atoms with Crippen LogP contribution in [0.25, 0.3) is 11.1 Å². The molecule has 0 amide bonds. The number of methoxy groups -OCH3 is 1. The summed E-state index contributed by atoms with van der Waals surface area (Å²) in [5.41, 5.74) is 3.28. The average Bonchev–Trinajstić information content (AvgIpc) is 3.05. The number of carbonyl (C=O) groups is 1. The standard InChI is InChI=1S/C22H21FN2O2S2/c1-14-18(16-6-4-3-5-7-16)19(21(26)27-2)20(29-14)25-22(28)24-13-12-15-8-10-17(23)11-9-15/h3-11H,12-13H2,1-2H3,(H2,24,25,28). The first-order valence-electron chi connectivity index (χ1n) is 9.06. The molecular weight excluding hydrogens is 407 g/mol. The van der Waals surface area contributed by atoms with E-state index < -0.39 is 5.97 Å².